The maximum atomic E-state index is 13.2. The van der Waals surface area contributed by atoms with Gasteiger partial charge < -0.3 is 14.4 Å². The Hall–Kier alpha value is -2.86. The van der Waals surface area contributed by atoms with Crippen LogP contribution < -0.4 is 15.0 Å². The summed E-state index contributed by atoms with van der Waals surface area (Å²) in [4.78, 5) is 20.4. The summed E-state index contributed by atoms with van der Waals surface area (Å²) in [5, 5.41) is 0.490. The number of ether oxygens (including phenoxy) is 2. The highest BCUT2D eigenvalue weighted by Crippen LogP contribution is 2.23. The van der Waals surface area contributed by atoms with Crippen LogP contribution in [0.15, 0.2) is 47.3 Å². The highest BCUT2D eigenvalue weighted by Gasteiger charge is 2.14. The summed E-state index contributed by atoms with van der Waals surface area (Å²) in [6, 6.07) is 13.1. The van der Waals surface area contributed by atoms with Gasteiger partial charge in [-0.05, 0) is 75.7 Å². The van der Waals surface area contributed by atoms with Crippen molar-refractivity contribution in [2.45, 2.75) is 39.0 Å². The summed E-state index contributed by atoms with van der Waals surface area (Å²) < 4.78 is 12.9. The molecule has 31 heavy (non-hydrogen) atoms. The van der Waals surface area contributed by atoms with Crippen molar-refractivity contribution >= 4 is 10.9 Å². The van der Waals surface area contributed by atoms with Gasteiger partial charge in [0.2, 0.25) is 0 Å². The van der Waals surface area contributed by atoms with Crippen molar-refractivity contribution in [1.82, 2.24) is 14.5 Å². The molecular formula is C25H31N3O3. The Kier molecular flexibility index (Phi) is 6.87. The van der Waals surface area contributed by atoms with E-state index < -0.39 is 0 Å². The van der Waals surface area contributed by atoms with Crippen LogP contribution in [0.4, 0.5) is 0 Å². The van der Waals surface area contributed by atoms with Crippen molar-refractivity contribution in [2.24, 2.45) is 0 Å². The quantitative estimate of drug-likeness (QED) is 0.531. The van der Waals surface area contributed by atoms with Crippen molar-refractivity contribution < 1.29 is 9.47 Å². The van der Waals surface area contributed by atoms with Gasteiger partial charge in [0.1, 0.15) is 22.7 Å². The Bertz CT molecular complexity index is 1070. The zero-order chi connectivity index (χ0) is 21.6. The van der Waals surface area contributed by atoms with Gasteiger partial charge in [0.25, 0.3) is 5.56 Å². The third-order valence-electron chi connectivity index (χ3n) is 5.93. The van der Waals surface area contributed by atoms with E-state index in [1.807, 2.05) is 43.3 Å². The van der Waals surface area contributed by atoms with Crippen LogP contribution in [0.1, 0.15) is 37.9 Å². The summed E-state index contributed by atoms with van der Waals surface area (Å²) in [5.74, 6) is 1.99. The number of aryl methyl sites for hydroxylation is 1. The summed E-state index contributed by atoms with van der Waals surface area (Å²) in [7, 11) is 1.57. The van der Waals surface area contributed by atoms with E-state index in [0.29, 0.717) is 29.1 Å². The average Bonchev–Trinajstić information content (AvgIpc) is 3.06. The molecule has 2 aromatic carbocycles. The van der Waals surface area contributed by atoms with Gasteiger partial charge in [0.15, 0.2) is 0 Å². The number of aromatic nitrogens is 2. The highest BCUT2D eigenvalue weighted by atomic mass is 16.5. The molecule has 1 saturated heterocycles. The molecule has 0 N–H and O–H groups in total. The molecular weight excluding hydrogens is 390 g/mol. The van der Waals surface area contributed by atoms with E-state index in [1.165, 1.54) is 38.8 Å². The number of methoxy groups -OCH3 is 1. The minimum atomic E-state index is -0.133. The Labute approximate surface area is 183 Å². The maximum Gasteiger partial charge on any atom is 0.269 e. The number of nitrogens with zero attached hydrogens (tertiary/aromatic N) is 3. The summed E-state index contributed by atoms with van der Waals surface area (Å²) >= 11 is 0. The normalized spacial score (nSPS) is 15.0. The predicted molar refractivity (Wildman–Crippen MR) is 124 cm³/mol. The molecule has 1 aromatic heterocycles. The van der Waals surface area contributed by atoms with Crippen molar-refractivity contribution in [3.63, 3.8) is 0 Å². The SMILES string of the molecule is COc1cccc2nc(C)n(-c3ccc(OCCCN4CCCCCC4)cc3)c(=O)c12. The Morgan fingerprint density at radius 2 is 1.74 bits per heavy atom. The molecule has 1 aliphatic heterocycles. The number of benzene rings is 2. The fraction of sp³-hybridized carbons (Fsp3) is 0.440. The van der Waals surface area contributed by atoms with Gasteiger partial charge >= 0.3 is 0 Å². The van der Waals surface area contributed by atoms with Crippen LogP contribution in [0.3, 0.4) is 0 Å². The van der Waals surface area contributed by atoms with Gasteiger partial charge in [0, 0.05) is 6.54 Å². The molecule has 6 heteroatoms. The van der Waals surface area contributed by atoms with Gasteiger partial charge in [-0.2, -0.15) is 0 Å². The van der Waals surface area contributed by atoms with Crippen molar-refractivity contribution in [1.29, 1.82) is 0 Å². The first-order valence-electron chi connectivity index (χ1n) is 11.2. The van der Waals surface area contributed by atoms with Gasteiger partial charge in [-0.3, -0.25) is 9.36 Å². The lowest BCUT2D eigenvalue weighted by molar-refractivity contribution is 0.240. The number of fused-ring (bicyclic) bond motifs is 1. The van der Waals surface area contributed by atoms with Crippen molar-refractivity contribution in [3.05, 3.63) is 58.6 Å². The monoisotopic (exact) mass is 421 g/mol. The maximum absolute atomic E-state index is 13.2. The summed E-state index contributed by atoms with van der Waals surface area (Å²) in [5.41, 5.74) is 1.27. The molecule has 0 atom stereocenters. The molecule has 1 fully saturated rings. The molecule has 4 rings (SSSR count). The molecule has 0 amide bonds. The molecule has 0 aliphatic carbocycles. The van der Waals surface area contributed by atoms with Gasteiger partial charge in [0.05, 0.1) is 24.9 Å². The lowest BCUT2D eigenvalue weighted by atomic mass is 10.2. The zero-order valence-corrected chi connectivity index (χ0v) is 18.5. The van der Waals surface area contributed by atoms with Crippen molar-refractivity contribution in [3.8, 4) is 17.2 Å². The van der Waals surface area contributed by atoms with Crippen LogP contribution in [0, 0.1) is 6.92 Å². The summed E-state index contributed by atoms with van der Waals surface area (Å²) in [6.07, 6.45) is 6.38. The molecule has 6 nitrogen and oxygen atoms in total. The molecule has 0 spiro atoms. The molecule has 3 aromatic rings. The van der Waals surface area contributed by atoms with Crippen LogP contribution in [-0.2, 0) is 0 Å². The molecule has 1 aliphatic rings. The summed E-state index contributed by atoms with van der Waals surface area (Å²) in [6.45, 7) is 6.06. The highest BCUT2D eigenvalue weighted by molar-refractivity contribution is 5.84. The van der Waals surface area contributed by atoms with Crippen LogP contribution in [-0.4, -0.2) is 47.8 Å². The Morgan fingerprint density at radius 1 is 1.00 bits per heavy atom. The Morgan fingerprint density at radius 3 is 2.45 bits per heavy atom. The van der Waals surface area contributed by atoms with Crippen molar-refractivity contribution in [2.75, 3.05) is 33.4 Å². The fourth-order valence-corrected chi connectivity index (χ4v) is 4.31. The lowest BCUT2D eigenvalue weighted by Gasteiger charge is -2.19. The third kappa shape index (κ3) is 4.90. The van der Waals surface area contributed by atoms with E-state index in [4.69, 9.17) is 9.47 Å². The number of hydrogen-bond donors (Lipinski definition) is 0. The lowest BCUT2D eigenvalue weighted by Crippen LogP contribution is -2.26. The van der Waals surface area contributed by atoms with Gasteiger partial charge in [-0.25, -0.2) is 4.98 Å². The van der Waals surface area contributed by atoms with Gasteiger partial charge in [-0.15, -0.1) is 0 Å². The van der Waals surface area contributed by atoms with E-state index in [9.17, 15) is 4.79 Å². The molecule has 0 saturated carbocycles. The van der Waals surface area contributed by atoms with E-state index in [2.05, 4.69) is 9.88 Å². The molecule has 2 heterocycles. The second kappa shape index (κ2) is 9.96. The minimum absolute atomic E-state index is 0.133. The first kappa shape index (κ1) is 21.4. The molecule has 0 bridgehead atoms. The first-order valence-corrected chi connectivity index (χ1v) is 11.2. The van der Waals surface area contributed by atoms with E-state index in [0.717, 1.165) is 24.4 Å². The zero-order valence-electron chi connectivity index (χ0n) is 18.5. The smallest absolute Gasteiger partial charge is 0.269 e. The van der Waals surface area contributed by atoms with E-state index in [-0.39, 0.29) is 5.56 Å². The first-order chi connectivity index (χ1) is 15.2. The minimum Gasteiger partial charge on any atom is -0.496 e. The van der Waals surface area contributed by atoms with Crippen LogP contribution in [0.2, 0.25) is 0 Å². The standard InChI is InChI=1S/C25H31N3O3/c1-19-26-22-9-7-10-23(30-2)24(22)25(29)28(19)20-11-13-21(14-12-20)31-18-8-17-27-15-5-3-4-6-16-27/h7,9-14H,3-6,8,15-18H2,1-2H3. The molecule has 0 radical (unpaired) electrons. The fourth-order valence-electron chi connectivity index (χ4n) is 4.31. The van der Waals surface area contributed by atoms with Crippen LogP contribution >= 0.6 is 0 Å². The van der Waals surface area contributed by atoms with Gasteiger partial charge in [-0.1, -0.05) is 18.9 Å². The van der Waals surface area contributed by atoms with E-state index >= 15 is 0 Å². The predicted octanol–water partition coefficient (Wildman–Crippen LogP) is 4.35. The third-order valence-corrected chi connectivity index (χ3v) is 5.93. The van der Waals surface area contributed by atoms with E-state index in [1.54, 1.807) is 17.7 Å². The molecule has 0 unspecified atom stereocenters. The Balaban J connectivity index is 1.44. The average molecular weight is 422 g/mol. The van der Waals surface area contributed by atoms with Crippen LogP contribution in [0.5, 0.6) is 11.5 Å². The second-order valence-corrected chi connectivity index (χ2v) is 8.11. The topological polar surface area (TPSA) is 56.6 Å². The van der Waals surface area contributed by atoms with Crippen LogP contribution in [0.25, 0.3) is 16.6 Å². The molecule has 164 valence electrons. The number of hydrogen-bond acceptors (Lipinski definition) is 5. The largest absolute Gasteiger partial charge is 0.496 e. The number of rotatable bonds is 7. The second-order valence-electron chi connectivity index (χ2n) is 8.11. The number of likely N-dealkylation sites (tertiary alicyclic amines) is 1.